The average molecular weight is 267 g/mol. The fourth-order valence-electron chi connectivity index (χ4n) is 2.55. The molecule has 0 bridgehead atoms. The molecule has 2 atom stereocenters. The lowest BCUT2D eigenvalue weighted by Gasteiger charge is -2.27. The zero-order valence-electron chi connectivity index (χ0n) is 11.2. The Morgan fingerprint density at radius 3 is 2.83 bits per heavy atom. The zero-order chi connectivity index (χ0) is 13.0. The molecule has 1 aliphatic heterocycles. The number of benzene rings is 1. The van der Waals surface area contributed by atoms with Gasteiger partial charge in [-0.2, -0.15) is 11.8 Å². The van der Waals surface area contributed by atoms with E-state index in [9.17, 15) is 4.39 Å². The second kappa shape index (κ2) is 6.07. The van der Waals surface area contributed by atoms with E-state index in [1.165, 1.54) is 18.6 Å². The number of hydrogen-bond donors (Lipinski definition) is 1. The zero-order valence-corrected chi connectivity index (χ0v) is 12.0. The minimum Gasteiger partial charge on any atom is -0.308 e. The van der Waals surface area contributed by atoms with E-state index in [4.69, 9.17) is 0 Å². The monoisotopic (exact) mass is 267 g/mol. The molecule has 2 unspecified atom stereocenters. The Hall–Kier alpha value is -0.540. The van der Waals surface area contributed by atoms with Crippen LogP contribution in [0.1, 0.15) is 44.7 Å². The maximum Gasteiger partial charge on any atom is 0.127 e. The molecule has 0 radical (unpaired) electrons. The molecule has 100 valence electrons. The third-order valence-electron chi connectivity index (χ3n) is 3.71. The van der Waals surface area contributed by atoms with E-state index in [1.807, 2.05) is 23.9 Å². The molecule has 18 heavy (non-hydrogen) atoms. The van der Waals surface area contributed by atoms with Crippen molar-refractivity contribution in [3.8, 4) is 0 Å². The Morgan fingerprint density at radius 2 is 2.22 bits per heavy atom. The van der Waals surface area contributed by atoms with Crippen molar-refractivity contribution in [3.63, 3.8) is 0 Å². The molecule has 1 aromatic carbocycles. The van der Waals surface area contributed by atoms with E-state index in [2.05, 4.69) is 19.2 Å². The van der Waals surface area contributed by atoms with Crippen LogP contribution in [0.3, 0.4) is 0 Å². The van der Waals surface area contributed by atoms with Crippen molar-refractivity contribution in [2.75, 3.05) is 12.3 Å². The van der Waals surface area contributed by atoms with Crippen LogP contribution in [0.2, 0.25) is 0 Å². The quantitative estimate of drug-likeness (QED) is 0.860. The van der Waals surface area contributed by atoms with Gasteiger partial charge in [0.15, 0.2) is 0 Å². The van der Waals surface area contributed by atoms with E-state index in [0.717, 1.165) is 18.5 Å². The third kappa shape index (κ3) is 3.27. The second-order valence-electron chi connectivity index (χ2n) is 5.27. The van der Waals surface area contributed by atoms with E-state index in [0.29, 0.717) is 4.75 Å². The highest BCUT2D eigenvalue weighted by Gasteiger charge is 2.30. The van der Waals surface area contributed by atoms with E-state index in [-0.39, 0.29) is 11.9 Å². The molecule has 2 rings (SSSR count). The predicted octanol–water partition coefficient (Wildman–Crippen LogP) is 4.15. The summed E-state index contributed by atoms with van der Waals surface area (Å²) < 4.78 is 14.1. The molecule has 0 aromatic heterocycles. The molecule has 3 heteroatoms. The van der Waals surface area contributed by atoms with Crippen molar-refractivity contribution < 1.29 is 4.39 Å². The van der Waals surface area contributed by atoms with Gasteiger partial charge < -0.3 is 5.32 Å². The Balaban J connectivity index is 1.99. The molecular weight excluding hydrogens is 245 g/mol. The maximum atomic E-state index is 13.8. The normalized spacial score (nSPS) is 25.3. The minimum atomic E-state index is -0.0962. The Bertz CT molecular complexity index is 388. The van der Waals surface area contributed by atoms with Crippen molar-refractivity contribution in [1.82, 2.24) is 5.32 Å². The first-order chi connectivity index (χ1) is 8.64. The van der Waals surface area contributed by atoms with Crippen molar-refractivity contribution in [2.45, 2.75) is 43.9 Å². The van der Waals surface area contributed by atoms with E-state index < -0.39 is 0 Å². The molecule has 0 aliphatic carbocycles. The fourth-order valence-corrected chi connectivity index (χ4v) is 3.80. The van der Waals surface area contributed by atoms with Crippen LogP contribution in [0.25, 0.3) is 0 Å². The van der Waals surface area contributed by atoms with Crippen molar-refractivity contribution in [3.05, 3.63) is 35.6 Å². The summed E-state index contributed by atoms with van der Waals surface area (Å²) in [5.74, 6) is 1.16. The second-order valence-corrected chi connectivity index (χ2v) is 6.95. The Kier molecular flexibility index (Phi) is 4.68. The van der Waals surface area contributed by atoms with Crippen LogP contribution < -0.4 is 5.32 Å². The summed E-state index contributed by atoms with van der Waals surface area (Å²) in [6.45, 7) is 5.38. The number of rotatable bonds is 5. The summed E-state index contributed by atoms with van der Waals surface area (Å²) >= 11 is 2.04. The van der Waals surface area contributed by atoms with Gasteiger partial charge in [-0.1, -0.05) is 25.1 Å². The molecule has 1 aliphatic rings. The van der Waals surface area contributed by atoms with Crippen LogP contribution in [0.4, 0.5) is 4.39 Å². The number of thioether (sulfide) groups is 1. The topological polar surface area (TPSA) is 12.0 Å². The molecule has 1 nitrogen and oxygen atoms in total. The lowest BCUT2D eigenvalue weighted by Crippen LogP contribution is -2.35. The lowest BCUT2D eigenvalue weighted by molar-refractivity contribution is 0.447. The van der Waals surface area contributed by atoms with Crippen LogP contribution in [0, 0.1) is 5.82 Å². The van der Waals surface area contributed by atoms with E-state index in [1.54, 1.807) is 12.1 Å². The van der Waals surface area contributed by atoms with Gasteiger partial charge in [-0.15, -0.1) is 0 Å². The van der Waals surface area contributed by atoms with Gasteiger partial charge in [0.2, 0.25) is 0 Å². The summed E-state index contributed by atoms with van der Waals surface area (Å²) in [6, 6.07) is 7.23. The molecule has 1 saturated heterocycles. The standard InChI is InChI=1S/C15H22FNS/c1-3-14(12-7-4-5-8-13(12)16)17-11-15(2)9-6-10-18-15/h4-5,7-8,14,17H,3,6,9-11H2,1-2H3. The largest absolute Gasteiger partial charge is 0.308 e. The number of nitrogens with one attached hydrogen (secondary N) is 1. The van der Waals surface area contributed by atoms with Crippen molar-refractivity contribution >= 4 is 11.8 Å². The van der Waals surface area contributed by atoms with Crippen LogP contribution in [0.15, 0.2) is 24.3 Å². The Labute approximate surface area is 114 Å². The first kappa shape index (κ1) is 13.9. The molecular formula is C15H22FNS. The van der Waals surface area contributed by atoms with Crippen LogP contribution in [0.5, 0.6) is 0 Å². The summed E-state index contributed by atoms with van der Waals surface area (Å²) in [4.78, 5) is 0. The molecule has 0 spiro atoms. The first-order valence-electron chi connectivity index (χ1n) is 6.76. The molecule has 1 N–H and O–H groups in total. The van der Waals surface area contributed by atoms with Gasteiger partial charge in [0.05, 0.1) is 0 Å². The molecule has 1 heterocycles. The van der Waals surface area contributed by atoms with E-state index >= 15 is 0 Å². The predicted molar refractivity (Wildman–Crippen MR) is 77.5 cm³/mol. The summed E-state index contributed by atoms with van der Waals surface area (Å²) in [5, 5.41) is 3.55. The van der Waals surface area contributed by atoms with Gasteiger partial charge in [0.25, 0.3) is 0 Å². The molecule has 0 amide bonds. The van der Waals surface area contributed by atoms with Crippen LogP contribution in [-0.2, 0) is 0 Å². The highest BCUT2D eigenvalue weighted by atomic mass is 32.2. The van der Waals surface area contributed by atoms with Gasteiger partial charge in [-0.05, 0) is 38.0 Å². The Morgan fingerprint density at radius 1 is 1.44 bits per heavy atom. The van der Waals surface area contributed by atoms with Crippen LogP contribution in [-0.4, -0.2) is 17.0 Å². The summed E-state index contributed by atoms with van der Waals surface area (Å²) in [7, 11) is 0. The number of halogens is 1. The fraction of sp³-hybridized carbons (Fsp3) is 0.600. The average Bonchev–Trinajstić information content (AvgIpc) is 2.79. The smallest absolute Gasteiger partial charge is 0.127 e. The van der Waals surface area contributed by atoms with Gasteiger partial charge >= 0.3 is 0 Å². The van der Waals surface area contributed by atoms with Gasteiger partial charge in [-0.3, -0.25) is 0 Å². The molecule has 1 aromatic rings. The SMILES string of the molecule is CCC(NCC1(C)CCCS1)c1ccccc1F. The highest BCUT2D eigenvalue weighted by molar-refractivity contribution is 8.00. The first-order valence-corrected chi connectivity index (χ1v) is 7.75. The molecule has 0 saturated carbocycles. The third-order valence-corrected chi connectivity index (χ3v) is 5.25. The van der Waals surface area contributed by atoms with Gasteiger partial charge in [0, 0.05) is 22.9 Å². The summed E-state index contributed by atoms with van der Waals surface area (Å²) in [5.41, 5.74) is 0.798. The van der Waals surface area contributed by atoms with Gasteiger partial charge in [0.1, 0.15) is 5.82 Å². The lowest BCUT2D eigenvalue weighted by atomic mass is 10.0. The maximum absolute atomic E-state index is 13.8. The summed E-state index contributed by atoms with van der Waals surface area (Å²) in [6.07, 6.45) is 3.49. The van der Waals surface area contributed by atoms with Gasteiger partial charge in [-0.25, -0.2) is 4.39 Å². The number of hydrogen-bond acceptors (Lipinski definition) is 2. The minimum absolute atomic E-state index is 0.0962. The molecule has 1 fully saturated rings. The van der Waals surface area contributed by atoms with Crippen molar-refractivity contribution in [1.29, 1.82) is 0 Å². The highest BCUT2D eigenvalue weighted by Crippen LogP contribution is 2.37. The van der Waals surface area contributed by atoms with Crippen molar-refractivity contribution in [2.24, 2.45) is 0 Å². The van der Waals surface area contributed by atoms with Crippen LogP contribution >= 0.6 is 11.8 Å².